The van der Waals surface area contributed by atoms with Crippen LogP contribution in [0.4, 0.5) is 4.79 Å². The minimum atomic E-state index is -4.81. The molecule has 356 valence electrons. The van der Waals surface area contributed by atoms with E-state index >= 15 is 0 Å². The van der Waals surface area contributed by atoms with Gasteiger partial charge in [-0.25, -0.2) is 14.2 Å². The Morgan fingerprint density at radius 2 is 1.60 bits per heavy atom. The molecule has 0 saturated carbocycles. The number of aliphatic hydroxyl groups is 1. The number of fused-ring (bicyclic) bond motifs is 3. The molecule has 4 atom stereocenters. The maximum Gasteiger partial charge on any atom is 0.469 e. The van der Waals surface area contributed by atoms with Gasteiger partial charge in [0.05, 0.1) is 51.3 Å². The topological polar surface area (TPSA) is 275 Å². The van der Waals surface area contributed by atoms with Crippen LogP contribution in [0.5, 0.6) is 0 Å². The number of aliphatic hydroxyl groups excluding tert-OH is 1. The van der Waals surface area contributed by atoms with Gasteiger partial charge in [-0.05, 0) is 22.3 Å². The van der Waals surface area contributed by atoms with Gasteiger partial charge < -0.3 is 54.5 Å². The van der Waals surface area contributed by atoms with E-state index in [0.717, 1.165) is 26.8 Å². The third kappa shape index (κ3) is 16.8. The lowest BCUT2D eigenvalue weighted by Crippen LogP contribution is -2.49. The molecule has 3 amide bonds. The van der Waals surface area contributed by atoms with Crippen LogP contribution in [0.2, 0.25) is 0 Å². The van der Waals surface area contributed by atoms with Crippen LogP contribution < -0.4 is 27.2 Å². The standard InChI is InChI=1S/C42H56N5O15PS2/c1-42(2,3)65-64-26-33(45-41(53)60-23-32-30-12-6-4-10-28(30)29-11-5-7-13-31(29)32)39(51)44-15-16-57-17-18-58-19-20-59-25-36(49)43-14-8-9-27-22-47(40(52)46-38(27)50)37-21-34(48)35(62-37)24-61-63(54,55)56/h4-13,22,32-35,37,48H,14-21,23-26H2,1-3H3,(H,43,49)(H,44,51)(H,45,53)(H,46,50,52)(H2,54,55,56)/b9-8+/t33?,34?,35-,37-/m1/s1. The molecule has 0 spiro atoms. The van der Waals surface area contributed by atoms with Crippen LogP contribution in [-0.2, 0) is 42.4 Å². The van der Waals surface area contributed by atoms with E-state index in [2.05, 4.69) is 58.4 Å². The Kier molecular flexibility index (Phi) is 19.9. The second kappa shape index (κ2) is 25.0. The summed E-state index contributed by atoms with van der Waals surface area (Å²) in [6.07, 6.45) is -0.0766. The second-order valence-corrected chi connectivity index (χ2v) is 20.2. The van der Waals surface area contributed by atoms with Gasteiger partial charge in [0.25, 0.3) is 5.56 Å². The van der Waals surface area contributed by atoms with Crippen molar-refractivity contribution < 1.29 is 62.1 Å². The summed E-state index contributed by atoms with van der Waals surface area (Å²) in [7, 11) is -1.70. The van der Waals surface area contributed by atoms with Crippen LogP contribution in [0.3, 0.4) is 0 Å². The number of phosphoric ester groups is 1. The van der Waals surface area contributed by atoms with Gasteiger partial charge in [-0.2, -0.15) is 0 Å². The average molecular weight is 966 g/mol. The first kappa shape index (κ1) is 51.7. The third-order valence-corrected chi connectivity index (χ3v) is 13.5. The zero-order chi connectivity index (χ0) is 47.0. The Hall–Kier alpha value is -4.32. The molecule has 7 N–H and O–H groups in total. The van der Waals surface area contributed by atoms with E-state index in [1.807, 2.05) is 36.4 Å². The number of phosphoric acid groups is 1. The molecular formula is C42H56N5O15PS2. The van der Waals surface area contributed by atoms with E-state index in [0.29, 0.717) is 5.75 Å². The first-order valence-corrected chi connectivity index (χ1v) is 24.6. The minimum absolute atomic E-state index is 0.0282. The molecule has 0 bridgehead atoms. The molecule has 2 aliphatic rings. The highest BCUT2D eigenvalue weighted by Gasteiger charge is 2.37. The Morgan fingerprint density at radius 1 is 0.954 bits per heavy atom. The number of alkyl carbamates (subject to hydrolysis) is 1. The molecule has 1 fully saturated rings. The Morgan fingerprint density at radius 3 is 2.26 bits per heavy atom. The van der Waals surface area contributed by atoms with Crippen molar-refractivity contribution in [2.24, 2.45) is 0 Å². The first-order chi connectivity index (χ1) is 31.0. The van der Waals surface area contributed by atoms with E-state index in [-0.39, 0.29) is 87.9 Å². The summed E-state index contributed by atoms with van der Waals surface area (Å²) in [5, 5.41) is 18.4. The van der Waals surface area contributed by atoms with Gasteiger partial charge in [-0.3, -0.25) is 28.5 Å². The summed E-state index contributed by atoms with van der Waals surface area (Å²) in [5.41, 5.74) is 2.95. The van der Waals surface area contributed by atoms with Crippen molar-refractivity contribution in [1.29, 1.82) is 0 Å². The number of hydrogen-bond acceptors (Lipinski definition) is 15. The number of carbonyl (C=O) groups is 3. The van der Waals surface area contributed by atoms with Crippen molar-refractivity contribution >= 4 is 53.4 Å². The monoisotopic (exact) mass is 965 g/mol. The molecule has 2 unspecified atom stereocenters. The highest BCUT2D eigenvalue weighted by atomic mass is 33.1. The van der Waals surface area contributed by atoms with E-state index in [1.165, 1.54) is 29.1 Å². The summed E-state index contributed by atoms with van der Waals surface area (Å²) >= 11 is 0. The van der Waals surface area contributed by atoms with Crippen molar-refractivity contribution in [3.63, 3.8) is 0 Å². The van der Waals surface area contributed by atoms with Gasteiger partial charge in [-0.15, -0.1) is 0 Å². The summed E-state index contributed by atoms with van der Waals surface area (Å²) in [5.74, 6) is -0.574. The van der Waals surface area contributed by atoms with Crippen LogP contribution in [0, 0.1) is 0 Å². The number of benzene rings is 2. The lowest BCUT2D eigenvalue weighted by atomic mass is 9.98. The Labute approximate surface area is 383 Å². The van der Waals surface area contributed by atoms with Crippen molar-refractivity contribution in [2.45, 2.75) is 62.3 Å². The summed E-state index contributed by atoms with van der Waals surface area (Å²) < 4.78 is 44.0. The first-order valence-electron chi connectivity index (χ1n) is 20.7. The molecular weight excluding hydrogens is 910 g/mol. The van der Waals surface area contributed by atoms with Crippen LogP contribution in [0.25, 0.3) is 17.2 Å². The number of rotatable bonds is 25. The molecule has 0 radical (unpaired) electrons. The normalized spacial score (nSPS) is 17.7. The van der Waals surface area contributed by atoms with Gasteiger partial charge in [-0.1, -0.05) is 103 Å². The van der Waals surface area contributed by atoms with Crippen LogP contribution in [0.15, 0.2) is 70.4 Å². The molecule has 2 heterocycles. The number of ether oxygens (including phenoxy) is 5. The fourth-order valence-electron chi connectivity index (χ4n) is 6.67. The van der Waals surface area contributed by atoms with Crippen molar-refractivity contribution in [2.75, 3.05) is 71.7 Å². The van der Waals surface area contributed by atoms with Gasteiger partial charge >= 0.3 is 19.6 Å². The molecule has 5 rings (SSSR count). The fourth-order valence-corrected chi connectivity index (χ4v) is 9.47. The summed E-state index contributed by atoms with van der Waals surface area (Å²) in [6.45, 7) is 6.72. The quantitative estimate of drug-likeness (QED) is 0.0365. The maximum atomic E-state index is 13.2. The zero-order valence-corrected chi connectivity index (χ0v) is 38.7. The average Bonchev–Trinajstić information content (AvgIpc) is 3.78. The third-order valence-electron chi connectivity index (χ3n) is 9.65. The van der Waals surface area contributed by atoms with E-state index in [1.54, 1.807) is 10.8 Å². The molecule has 1 aliphatic carbocycles. The van der Waals surface area contributed by atoms with Crippen molar-refractivity contribution in [3.8, 4) is 11.1 Å². The lowest BCUT2D eigenvalue weighted by molar-refractivity contribution is -0.126. The predicted octanol–water partition coefficient (Wildman–Crippen LogP) is 2.68. The van der Waals surface area contributed by atoms with Gasteiger partial charge in [0.15, 0.2) is 0 Å². The van der Waals surface area contributed by atoms with E-state index < -0.39 is 62.2 Å². The van der Waals surface area contributed by atoms with Crippen molar-refractivity contribution in [3.05, 3.63) is 98.3 Å². The van der Waals surface area contributed by atoms with Crippen LogP contribution >= 0.6 is 29.4 Å². The van der Waals surface area contributed by atoms with Gasteiger partial charge in [0.2, 0.25) is 11.8 Å². The smallest absolute Gasteiger partial charge is 0.449 e. The number of nitrogens with one attached hydrogen (secondary N) is 4. The van der Waals surface area contributed by atoms with Crippen LogP contribution in [0.1, 0.15) is 56.0 Å². The largest absolute Gasteiger partial charge is 0.469 e. The van der Waals surface area contributed by atoms with Crippen molar-refractivity contribution in [1.82, 2.24) is 25.5 Å². The van der Waals surface area contributed by atoms with Crippen LogP contribution in [-0.4, -0.2) is 137 Å². The number of aromatic amines is 1. The molecule has 1 aliphatic heterocycles. The lowest BCUT2D eigenvalue weighted by Gasteiger charge is -2.21. The SMILES string of the molecule is CC(C)(C)SSCC(NC(=O)OCC1c2ccccc2-c2ccccc21)C(=O)NCCOCCOCCOCC(=O)NC/C=C/c1cn([C@H]2CC(O)[C@@H](COP(=O)(O)O)O2)c(=O)[nH]c1=O. The number of aromatic nitrogens is 2. The number of hydrogen-bond donors (Lipinski definition) is 7. The maximum absolute atomic E-state index is 13.2. The van der Waals surface area contributed by atoms with E-state index in [9.17, 15) is 33.6 Å². The van der Waals surface area contributed by atoms with Gasteiger partial charge in [0.1, 0.15) is 31.6 Å². The summed E-state index contributed by atoms with van der Waals surface area (Å²) in [6, 6.07) is 15.3. The predicted molar refractivity (Wildman–Crippen MR) is 243 cm³/mol. The molecule has 23 heteroatoms. The van der Waals surface area contributed by atoms with E-state index in [4.69, 9.17) is 33.5 Å². The Bertz CT molecular complexity index is 2220. The fraction of sp³-hybridized carbons (Fsp3) is 0.500. The number of nitrogens with zero attached hydrogens (tertiary/aromatic N) is 1. The number of H-pyrrole nitrogens is 1. The molecule has 1 saturated heterocycles. The highest BCUT2D eigenvalue weighted by Crippen LogP contribution is 2.44. The zero-order valence-electron chi connectivity index (χ0n) is 36.2. The van der Waals surface area contributed by atoms with Gasteiger partial charge in [0, 0.05) is 42.1 Å². The Balaban J connectivity index is 0.924. The molecule has 2 aromatic carbocycles. The number of carbonyl (C=O) groups excluding carboxylic acids is 3. The molecule has 20 nitrogen and oxygen atoms in total. The number of amides is 3. The summed E-state index contributed by atoms with van der Waals surface area (Å²) in [4.78, 5) is 83.1. The molecule has 65 heavy (non-hydrogen) atoms. The second-order valence-electron chi connectivity index (χ2n) is 15.7. The molecule has 1 aromatic heterocycles. The minimum Gasteiger partial charge on any atom is -0.449 e. The highest BCUT2D eigenvalue weighted by molar-refractivity contribution is 8.77. The molecule has 3 aromatic rings.